The van der Waals surface area contributed by atoms with Gasteiger partial charge in [0.15, 0.2) is 0 Å². The molecule has 0 spiro atoms. The highest BCUT2D eigenvalue weighted by molar-refractivity contribution is 6.34. The minimum Gasteiger partial charge on any atom is -0.320 e. The Morgan fingerprint density at radius 2 is 1.64 bits per heavy atom. The lowest BCUT2D eigenvalue weighted by molar-refractivity contribution is -0.121. The zero-order chi connectivity index (χ0) is 18.1. The molecule has 1 fully saturated rings. The van der Waals surface area contributed by atoms with Crippen molar-refractivity contribution in [1.29, 1.82) is 0 Å². The number of anilines is 2. The number of rotatable bonds is 3. The number of hydrogen-bond donors (Lipinski definition) is 1. The van der Waals surface area contributed by atoms with Crippen LogP contribution in [0.1, 0.15) is 34.3 Å². The molecule has 3 amide bonds. The molecule has 1 N–H and O–H groups in total. The molecule has 3 rings (SSSR count). The number of carbonyl (C=O) groups is 3. The lowest BCUT2D eigenvalue weighted by Gasteiger charge is -2.15. The van der Waals surface area contributed by atoms with Crippen LogP contribution in [0.2, 0.25) is 5.02 Å². The highest BCUT2D eigenvalue weighted by atomic mass is 35.5. The van der Waals surface area contributed by atoms with E-state index in [1.54, 1.807) is 30.3 Å². The number of halogens is 1. The number of imide groups is 1. The second kappa shape index (κ2) is 6.69. The fourth-order valence-electron chi connectivity index (χ4n) is 2.89. The van der Waals surface area contributed by atoms with E-state index in [4.69, 9.17) is 11.6 Å². The van der Waals surface area contributed by atoms with Crippen molar-refractivity contribution in [2.75, 3.05) is 10.2 Å². The molecule has 0 radical (unpaired) electrons. The SMILES string of the molecule is Cc1cc(C)c(NC(=O)c2ccc(N3C(=O)CCC3=O)cc2)c(Cl)c1. The summed E-state index contributed by atoms with van der Waals surface area (Å²) in [6, 6.07) is 10.1. The first-order valence-electron chi connectivity index (χ1n) is 7.91. The van der Waals surface area contributed by atoms with Gasteiger partial charge in [0.05, 0.1) is 16.4 Å². The third-order valence-electron chi connectivity index (χ3n) is 4.11. The maximum absolute atomic E-state index is 12.4. The lowest BCUT2D eigenvalue weighted by Crippen LogP contribution is -2.28. The van der Waals surface area contributed by atoms with Crippen molar-refractivity contribution in [1.82, 2.24) is 0 Å². The molecule has 2 aromatic carbocycles. The molecule has 0 saturated carbocycles. The molecule has 0 aromatic heterocycles. The molecule has 1 aliphatic heterocycles. The van der Waals surface area contributed by atoms with E-state index in [1.165, 1.54) is 0 Å². The van der Waals surface area contributed by atoms with E-state index in [9.17, 15) is 14.4 Å². The summed E-state index contributed by atoms with van der Waals surface area (Å²) >= 11 is 6.21. The van der Waals surface area contributed by atoms with Gasteiger partial charge in [-0.15, -0.1) is 0 Å². The molecule has 0 aliphatic carbocycles. The Hall–Kier alpha value is -2.66. The van der Waals surface area contributed by atoms with Gasteiger partial charge < -0.3 is 5.32 Å². The third-order valence-corrected chi connectivity index (χ3v) is 4.41. The number of benzene rings is 2. The number of amides is 3. The third kappa shape index (κ3) is 3.42. The Kier molecular flexibility index (Phi) is 4.59. The van der Waals surface area contributed by atoms with Gasteiger partial charge in [-0.3, -0.25) is 19.3 Å². The van der Waals surface area contributed by atoms with Gasteiger partial charge in [-0.2, -0.15) is 0 Å². The summed E-state index contributed by atoms with van der Waals surface area (Å²) < 4.78 is 0. The van der Waals surface area contributed by atoms with Crippen molar-refractivity contribution in [3.63, 3.8) is 0 Å². The molecule has 1 heterocycles. The van der Waals surface area contributed by atoms with E-state index in [0.29, 0.717) is 22.0 Å². The van der Waals surface area contributed by atoms with Crippen molar-refractivity contribution in [3.05, 3.63) is 58.1 Å². The number of hydrogen-bond acceptors (Lipinski definition) is 3. The summed E-state index contributed by atoms with van der Waals surface area (Å²) in [4.78, 5) is 37.1. The number of aryl methyl sites for hydroxylation is 2. The van der Waals surface area contributed by atoms with E-state index in [0.717, 1.165) is 16.0 Å². The van der Waals surface area contributed by atoms with Crippen LogP contribution in [-0.2, 0) is 9.59 Å². The monoisotopic (exact) mass is 356 g/mol. The zero-order valence-electron chi connectivity index (χ0n) is 13.9. The molecule has 6 heteroatoms. The smallest absolute Gasteiger partial charge is 0.255 e. The van der Waals surface area contributed by atoms with E-state index in [2.05, 4.69) is 5.32 Å². The van der Waals surface area contributed by atoms with Gasteiger partial charge in [-0.05, 0) is 55.3 Å². The average molecular weight is 357 g/mol. The van der Waals surface area contributed by atoms with Crippen molar-refractivity contribution in [3.8, 4) is 0 Å². The molecule has 25 heavy (non-hydrogen) atoms. The minimum atomic E-state index is -0.306. The summed E-state index contributed by atoms with van der Waals surface area (Å²) in [5.74, 6) is -0.743. The molecule has 1 saturated heterocycles. The maximum atomic E-state index is 12.4. The Balaban J connectivity index is 1.80. The first kappa shape index (κ1) is 17.2. The van der Waals surface area contributed by atoms with Crippen LogP contribution in [0, 0.1) is 13.8 Å². The van der Waals surface area contributed by atoms with Crippen LogP contribution in [0.5, 0.6) is 0 Å². The molecule has 0 bridgehead atoms. The molecule has 0 unspecified atom stereocenters. The molecule has 5 nitrogen and oxygen atoms in total. The summed E-state index contributed by atoms with van der Waals surface area (Å²) in [5.41, 5.74) is 3.37. The lowest BCUT2D eigenvalue weighted by atomic mass is 10.1. The van der Waals surface area contributed by atoms with Gasteiger partial charge in [-0.1, -0.05) is 17.7 Å². The van der Waals surface area contributed by atoms with E-state index in [1.807, 2.05) is 19.9 Å². The predicted molar refractivity (Wildman–Crippen MR) is 97.0 cm³/mol. The Morgan fingerprint density at radius 3 is 2.20 bits per heavy atom. The standard InChI is InChI=1S/C19H17ClN2O3/c1-11-9-12(2)18(15(20)10-11)21-19(25)13-3-5-14(6-4-13)22-16(23)7-8-17(22)24/h3-6,9-10H,7-8H2,1-2H3,(H,21,25). The Labute approximate surface area is 150 Å². The second-order valence-electron chi connectivity index (χ2n) is 6.06. The summed E-state index contributed by atoms with van der Waals surface area (Å²) in [5, 5.41) is 3.29. The van der Waals surface area contributed by atoms with Gasteiger partial charge in [0.2, 0.25) is 11.8 Å². The molecule has 1 aliphatic rings. The summed E-state index contributed by atoms with van der Waals surface area (Å²) in [6.45, 7) is 3.81. The number of nitrogens with one attached hydrogen (secondary N) is 1. The van der Waals surface area contributed by atoms with Crippen molar-refractivity contribution < 1.29 is 14.4 Å². The predicted octanol–water partition coefficient (Wildman–Crippen LogP) is 3.86. The van der Waals surface area contributed by atoms with Gasteiger partial charge in [0.25, 0.3) is 5.91 Å². The Bertz CT molecular complexity index is 836. The van der Waals surface area contributed by atoms with Crippen LogP contribution in [0.15, 0.2) is 36.4 Å². The molecule has 0 atom stereocenters. The molecular formula is C19H17ClN2O3. The molecular weight excluding hydrogens is 340 g/mol. The summed E-state index contributed by atoms with van der Waals surface area (Å²) in [6.07, 6.45) is 0.457. The van der Waals surface area contributed by atoms with Gasteiger partial charge in [0.1, 0.15) is 0 Å². The fraction of sp³-hybridized carbons (Fsp3) is 0.211. The van der Waals surface area contributed by atoms with Crippen molar-refractivity contribution in [2.45, 2.75) is 26.7 Å². The highest BCUT2D eigenvalue weighted by Gasteiger charge is 2.30. The quantitative estimate of drug-likeness (QED) is 0.849. The number of nitrogens with zero attached hydrogens (tertiary/aromatic N) is 1. The maximum Gasteiger partial charge on any atom is 0.255 e. The first-order chi connectivity index (χ1) is 11.9. The average Bonchev–Trinajstić information content (AvgIpc) is 2.89. The molecule has 128 valence electrons. The van der Waals surface area contributed by atoms with Crippen LogP contribution in [-0.4, -0.2) is 17.7 Å². The second-order valence-corrected chi connectivity index (χ2v) is 6.47. The van der Waals surface area contributed by atoms with E-state index < -0.39 is 0 Å². The van der Waals surface area contributed by atoms with Gasteiger partial charge in [-0.25, -0.2) is 0 Å². The first-order valence-corrected chi connectivity index (χ1v) is 8.28. The van der Waals surface area contributed by atoms with Crippen molar-refractivity contribution in [2.24, 2.45) is 0 Å². The van der Waals surface area contributed by atoms with Crippen LogP contribution < -0.4 is 10.2 Å². The van der Waals surface area contributed by atoms with Crippen LogP contribution in [0.4, 0.5) is 11.4 Å². The van der Waals surface area contributed by atoms with Crippen LogP contribution >= 0.6 is 11.6 Å². The molecule has 2 aromatic rings. The largest absolute Gasteiger partial charge is 0.320 e. The van der Waals surface area contributed by atoms with Gasteiger partial charge >= 0.3 is 0 Å². The Morgan fingerprint density at radius 1 is 1.04 bits per heavy atom. The topological polar surface area (TPSA) is 66.5 Å². The van der Waals surface area contributed by atoms with Gasteiger partial charge in [0, 0.05) is 18.4 Å². The fourth-order valence-corrected chi connectivity index (χ4v) is 3.25. The highest BCUT2D eigenvalue weighted by Crippen LogP contribution is 2.28. The van der Waals surface area contributed by atoms with E-state index >= 15 is 0 Å². The minimum absolute atomic E-state index is 0.218. The number of carbonyl (C=O) groups excluding carboxylic acids is 3. The zero-order valence-corrected chi connectivity index (χ0v) is 14.7. The normalized spacial score (nSPS) is 14.1. The van der Waals surface area contributed by atoms with Crippen molar-refractivity contribution >= 4 is 40.7 Å². The van der Waals surface area contributed by atoms with E-state index in [-0.39, 0.29) is 30.6 Å². The van der Waals surface area contributed by atoms with Crippen LogP contribution in [0.25, 0.3) is 0 Å². The van der Waals surface area contributed by atoms with Crippen LogP contribution in [0.3, 0.4) is 0 Å². The summed E-state index contributed by atoms with van der Waals surface area (Å²) in [7, 11) is 0.